The highest BCUT2D eigenvalue weighted by Crippen LogP contribution is 2.34. The van der Waals surface area contributed by atoms with E-state index in [2.05, 4.69) is 30.4 Å². The van der Waals surface area contributed by atoms with Crippen molar-refractivity contribution < 1.29 is 31.8 Å². The second kappa shape index (κ2) is 16.2. The van der Waals surface area contributed by atoms with Crippen LogP contribution in [0.25, 0.3) is 0 Å². The van der Waals surface area contributed by atoms with Crippen molar-refractivity contribution in [2.24, 2.45) is 11.8 Å². The zero-order valence-corrected chi connectivity index (χ0v) is 32.0. The summed E-state index contributed by atoms with van der Waals surface area (Å²) in [4.78, 5) is 14.3. The van der Waals surface area contributed by atoms with Gasteiger partial charge in [0.05, 0.1) is 20.5 Å². The third-order valence-electron chi connectivity index (χ3n) is 10.3. The number of halogens is 1. The van der Waals surface area contributed by atoms with E-state index in [4.69, 9.17) is 11.6 Å². The quantitative estimate of drug-likeness (QED) is 0.173. The van der Waals surface area contributed by atoms with Crippen LogP contribution >= 0.6 is 11.6 Å². The Balaban J connectivity index is 1.06. The normalized spacial score (nSPS) is 17.8. The Morgan fingerprint density at radius 1 is 0.843 bits per heavy atom. The van der Waals surface area contributed by atoms with Gasteiger partial charge in [0.25, 0.3) is 0 Å². The van der Waals surface area contributed by atoms with Crippen molar-refractivity contribution in [3.8, 4) is 5.75 Å². The Labute approximate surface area is 307 Å². The second-order valence-electron chi connectivity index (χ2n) is 15.0. The highest BCUT2D eigenvalue weighted by atomic mass is 35.5. The van der Waals surface area contributed by atoms with E-state index >= 15 is 0 Å². The lowest BCUT2D eigenvalue weighted by atomic mass is 9.87. The summed E-state index contributed by atoms with van der Waals surface area (Å²) in [5, 5.41) is 19.4. The number of hydrogen-bond donors (Lipinski definition) is 3. The summed E-state index contributed by atoms with van der Waals surface area (Å²) in [5.41, 5.74) is 2.40. The van der Waals surface area contributed by atoms with Crippen LogP contribution in [-0.4, -0.2) is 69.5 Å². The smallest absolute Gasteiger partial charge is 0.322 e. The van der Waals surface area contributed by atoms with Gasteiger partial charge >= 0.3 is 5.97 Å². The molecule has 2 saturated heterocycles. The summed E-state index contributed by atoms with van der Waals surface area (Å²) in [7, 11) is -7.66. The first-order valence-corrected chi connectivity index (χ1v) is 21.0. The lowest BCUT2D eigenvalue weighted by Gasteiger charge is -2.35. The molecule has 2 aliphatic heterocycles. The molecule has 278 valence electrons. The van der Waals surface area contributed by atoms with Gasteiger partial charge in [0, 0.05) is 26.2 Å². The number of hydrogen-bond acceptors (Lipinski definition) is 7. The molecule has 3 aromatic carbocycles. The zero-order chi connectivity index (χ0) is 37.0. The number of aromatic hydroxyl groups is 1. The van der Waals surface area contributed by atoms with Gasteiger partial charge in [0.2, 0.25) is 20.0 Å². The van der Waals surface area contributed by atoms with Gasteiger partial charge in [0.15, 0.2) is 0 Å². The number of aliphatic carboxylic acids is 1. The van der Waals surface area contributed by atoms with Crippen molar-refractivity contribution in [3.63, 3.8) is 0 Å². The van der Waals surface area contributed by atoms with Gasteiger partial charge in [-0.2, -0.15) is 9.03 Å². The average molecular weight is 760 g/mol. The third-order valence-corrected chi connectivity index (χ3v) is 14.0. The minimum absolute atomic E-state index is 0.0287. The maximum atomic E-state index is 13.3. The van der Waals surface area contributed by atoms with Crippen LogP contribution in [0.1, 0.15) is 76.8 Å². The minimum atomic E-state index is -4.18. The van der Waals surface area contributed by atoms with E-state index in [1.807, 2.05) is 12.1 Å². The Morgan fingerprint density at radius 2 is 1.39 bits per heavy atom. The highest BCUT2D eigenvalue weighted by molar-refractivity contribution is 7.89. The molecule has 2 aliphatic rings. The monoisotopic (exact) mass is 759 g/mol. The van der Waals surface area contributed by atoms with Crippen LogP contribution in [-0.2, 0) is 36.7 Å². The summed E-state index contributed by atoms with van der Waals surface area (Å²) in [6, 6.07) is 16.3. The van der Waals surface area contributed by atoms with E-state index in [0.717, 1.165) is 69.3 Å². The van der Waals surface area contributed by atoms with E-state index < -0.39 is 32.1 Å². The van der Waals surface area contributed by atoms with Crippen LogP contribution in [0.3, 0.4) is 0 Å². The van der Waals surface area contributed by atoms with Crippen LogP contribution in [0.5, 0.6) is 5.75 Å². The van der Waals surface area contributed by atoms with Crippen LogP contribution in [0.15, 0.2) is 76.5 Å². The van der Waals surface area contributed by atoms with Crippen LogP contribution < -0.4 is 9.62 Å². The van der Waals surface area contributed by atoms with E-state index in [1.165, 1.54) is 24.3 Å². The summed E-state index contributed by atoms with van der Waals surface area (Å²) in [6.45, 7) is 9.06. The average Bonchev–Trinajstić information content (AvgIpc) is 3.09. The lowest BCUT2D eigenvalue weighted by Crippen LogP contribution is -2.42. The van der Waals surface area contributed by atoms with E-state index in [1.54, 1.807) is 34.6 Å². The third kappa shape index (κ3) is 10.0. The molecule has 3 aromatic rings. The highest BCUT2D eigenvalue weighted by Gasteiger charge is 2.31. The Morgan fingerprint density at radius 3 is 1.92 bits per heavy atom. The first-order chi connectivity index (χ1) is 24.0. The van der Waals surface area contributed by atoms with Crippen molar-refractivity contribution in [2.45, 2.75) is 93.4 Å². The number of anilines is 1. The SMILES string of the molecule is CC(C)(C)c1ccc(S(=O)(=O)N2CCC(CCCC3CCN(c4ccc(S(=O)(=O)NC(Cc5ccc(O)cc5)C(=O)O)cc4Cl)CC3)CC2)cc1. The van der Waals surface area contributed by atoms with Gasteiger partial charge in [-0.25, -0.2) is 16.8 Å². The summed E-state index contributed by atoms with van der Waals surface area (Å²) < 4.78 is 56.7. The number of nitrogens with one attached hydrogen (secondary N) is 1. The maximum absolute atomic E-state index is 13.3. The molecule has 2 fully saturated rings. The largest absolute Gasteiger partial charge is 0.508 e. The number of carbonyl (C=O) groups is 1. The zero-order valence-electron chi connectivity index (χ0n) is 29.6. The van der Waals surface area contributed by atoms with Gasteiger partial charge in [-0.15, -0.1) is 0 Å². The molecule has 0 aliphatic carbocycles. The van der Waals surface area contributed by atoms with Gasteiger partial charge in [0.1, 0.15) is 11.8 Å². The van der Waals surface area contributed by atoms with Crippen molar-refractivity contribution in [2.75, 3.05) is 31.1 Å². The molecule has 0 spiro atoms. The second-order valence-corrected chi connectivity index (χ2v) is 19.0. The lowest BCUT2D eigenvalue weighted by molar-refractivity contribution is -0.138. The van der Waals surface area contributed by atoms with Gasteiger partial charge in [-0.1, -0.05) is 75.9 Å². The van der Waals surface area contributed by atoms with Crippen molar-refractivity contribution in [3.05, 3.63) is 82.9 Å². The van der Waals surface area contributed by atoms with Crippen LogP contribution in [0.2, 0.25) is 5.02 Å². The summed E-state index contributed by atoms with van der Waals surface area (Å²) in [6.07, 6.45) is 7.01. The number of benzene rings is 3. The van der Waals surface area contributed by atoms with Crippen molar-refractivity contribution in [1.29, 1.82) is 0 Å². The fourth-order valence-corrected chi connectivity index (χ4v) is 10.1. The first-order valence-electron chi connectivity index (χ1n) is 17.7. The van der Waals surface area contributed by atoms with Crippen molar-refractivity contribution >= 4 is 43.3 Å². The maximum Gasteiger partial charge on any atom is 0.322 e. The fourth-order valence-electron chi connectivity index (χ4n) is 7.09. The van der Waals surface area contributed by atoms with Gasteiger partial charge in [-0.3, -0.25) is 4.79 Å². The standard InChI is InChI=1S/C38H50ClN3O7S2/c1-38(2,3)30-9-13-32(14-10-30)51(48,49)42-23-19-28(20-24-42)6-4-5-27-17-21-41(22-18-27)36-16-15-33(26-34(36)39)50(46,47)40-35(37(44)45)25-29-7-11-31(43)12-8-29/h7-16,26-28,35,40,43H,4-6,17-25H2,1-3H3,(H,44,45). The molecule has 3 N–H and O–H groups in total. The Kier molecular flexibility index (Phi) is 12.4. The Hall–Kier alpha value is -3.16. The number of sulfonamides is 2. The molecule has 1 atom stereocenters. The predicted molar refractivity (Wildman–Crippen MR) is 200 cm³/mol. The molecule has 1 unspecified atom stereocenters. The van der Waals surface area contributed by atoms with E-state index in [0.29, 0.717) is 35.4 Å². The van der Waals surface area contributed by atoms with Crippen molar-refractivity contribution in [1.82, 2.24) is 9.03 Å². The number of carboxylic acids is 1. The molecule has 13 heteroatoms. The van der Waals surface area contributed by atoms with Gasteiger partial charge in [-0.05, 0) is 103 Å². The summed E-state index contributed by atoms with van der Waals surface area (Å²) >= 11 is 6.60. The first kappa shape index (κ1) is 39.1. The van der Waals surface area contributed by atoms with Gasteiger partial charge < -0.3 is 15.1 Å². The number of rotatable bonds is 13. The number of nitrogens with zero attached hydrogens (tertiary/aromatic N) is 2. The fraction of sp³-hybridized carbons (Fsp3) is 0.500. The molecule has 51 heavy (non-hydrogen) atoms. The molecule has 0 radical (unpaired) electrons. The topological polar surface area (TPSA) is 144 Å². The number of phenolic OH excluding ortho intramolecular Hbond substituents is 1. The minimum Gasteiger partial charge on any atom is -0.508 e. The van der Waals surface area contributed by atoms with Crippen LogP contribution in [0.4, 0.5) is 5.69 Å². The molecule has 0 amide bonds. The molecular weight excluding hydrogens is 710 g/mol. The van der Waals surface area contributed by atoms with E-state index in [9.17, 15) is 31.8 Å². The molecule has 0 saturated carbocycles. The molecule has 2 heterocycles. The molecular formula is C38H50ClN3O7S2. The number of phenols is 1. The predicted octanol–water partition coefficient (Wildman–Crippen LogP) is 6.80. The Bertz CT molecular complexity index is 1860. The van der Waals surface area contributed by atoms with E-state index in [-0.39, 0.29) is 27.5 Å². The molecule has 0 aromatic heterocycles. The molecule has 0 bridgehead atoms. The van der Waals surface area contributed by atoms with Crippen LogP contribution in [0, 0.1) is 11.8 Å². The molecule has 5 rings (SSSR count). The summed E-state index contributed by atoms with van der Waals surface area (Å²) in [5.74, 6) is -0.167. The molecule has 10 nitrogen and oxygen atoms in total. The number of carboxylic acid groups (broad SMARTS) is 1. The number of piperidine rings is 2.